The van der Waals surface area contributed by atoms with Crippen molar-refractivity contribution in [3.05, 3.63) is 52.8 Å². The predicted octanol–water partition coefficient (Wildman–Crippen LogP) is 5.87. The van der Waals surface area contributed by atoms with E-state index < -0.39 is 28.9 Å². The molecule has 0 bridgehead atoms. The van der Waals surface area contributed by atoms with E-state index in [4.69, 9.17) is 4.74 Å². The summed E-state index contributed by atoms with van der Waals surface area (Å²) < 4.78 is 50.8. The highest BCUT2D eigenvalue weighted by Gasteiger charge is 2.42. The topological polar surface area (TPSA) is 100 Å². The van der Waals surface area contributed by atoms with Crippen molar-refractivity contribution in [3.63, 3.8) is 0 Å². The second-order valence-electron chi connectivity index (χ2n) is 11.1. The number of fused-ring (bicyclic) bond motifs is 1. The summed E-state index contributed by atoms with van der Waals surface area (Å²) in [6, 6.07) is 5.95. The molecule has 1 fully saturated rings. The molecular weight excluding hydrogens is 523 g/mol. The number of nitriles is 1. The minimum absolute atomic E-state index is 0.00259. The Morgan fingerprint density at radius 3 is 2.55 bits per heavy atom. The van der Waals surface area contributed by atoms with Gasteiger partial charge in [0.15, 0.2) is 0 Å². The number of aromatic nitrogens is 2. The van der Waals surface area contributed by atoms with Crippen molar-refractivity contribution in [1.82, 2.24) is 14.5 Å². The number of hydrogen-bond acceptors (Lipinski definition) is 5. The Morgan fingerprint density at radius 1 is 1.27 bits per heavy atom. The molecule has 0 radical (unpaired) electrons. The second kappa shape index (κ2) is 10.5. The van der Waals surface area contributed by atoms with Gasteiger partial charge in [-0.15, -0.1) is 0 Å². The quantitative estimate of drug-likeness (QED) is 0.425. The SMILES string of the molecule is COc1ccc(C(=O)Nc2cnc3c(c(C4CCN(C(=O)C(C)C)C(C)(C)C4)cn3C)c2C(F)(F)F)cc1C#N. The number of piperidine rings is 1. The third kappa shape index (κ3) is 5.22. The molecule has 0 spiro atoms. The van der Waals surface area contributed by atoms with Gasteiger partial charge in [-0.1, -0.05) is 13.8 Å². The number of carbonyl (C=O) groups is 2. The summed E-state index contributed by atoms with van der Waals surface area (Å²) in [6.45, 7) is 7.96. The van der Waals surface area contributed by atoms with Gasteiger partial charge in [-0.05, 0) is 56.4 Å². The van der Waals surface area contributed by atoms with Crippen LogP contribution < -0.4 is 10.1 Å². The number of nitrogens with zero attached hydrogens (tertiary/aromatic N) is 4. The molecule has 1 aliphatic rings. The first-order valence-corrected chi connectivity index (χ1v) is 13.0. The van der Waals surface area contributed by atoms with Crippen LogP contribution in [0.3, 0.4) is 0 Å². The van der Waals surface area contributed by atoms with Gasteiger partial charge in [0.05, 0.1) is 30.1 Å². The summed E-state index contributed by atoms with van der Waals surface area (Å²) in [5.74, 6) is -0.998. The van der Waals surface area contributed by atoms with E-state index in [-0.39, 0.29) is 45.7 Å². The Kier molecular flexibility index (Phi) is 7.58. The van der Waals surface area contributed by atoms with Crippen LogP contribution in [0.4, 0.5) is 18.9 Å². The monoisotopic (exact) mass is 555 g/mol. The Morgan fingerprint density at radius 2 is 1.98 bits per heavy atom. The molecule has 1 atom stereocenters. The first-order valence-electron chi connectivity index (χ1n) is 13.0. The van der Waals surface area contributed by atoms with E-state index in [9.17, 15) is 28.0 Å². The number of ether oxygens (including phenoxy) is 1. The summed E-state index contributed by atoms with van der Waals surface area (Å²) in [5.41, 5.74) is -1.30. The number of pyridine rings is 1. The van der Waals surface area contributed by atoms with Crippen molar-refractivity contribution in [2.75, 3.05) is 19.0 Å². The lowest BCUT2D eigenvalue weighted by molar-refractivity contribution is -0.142. The average Bonchev–Trinajstić information content (AvgIpc) is 3.22. The number of methoxy groups -OCH3 is 1. The smallest absolute Gasteiger partial charge is 0.419 e. The summed E-state index contributed by atoms with van der Waals surface area (Å²) in [7, 11) is 3.01. The molecule has 1 saturated heterocycles. The molecule has 2 amide bonds. The maximum Gasteiger partial charge on any atom is 0.419 e. The number of likely N-dealkylation sites (tertiary alicyclic amines) is 1. The highest BCUT2D eigenvalue weighted by atomic mass is 19.4. The van der Waals surface area contributed by atoms with Gasteiger partial charge in [0, 0.05) is 42.2 Å². The molecule has 3 heterocycles. The fourth-order valence-corrected chi connectivity index (χ4v) is 5.59. The molecule has 8 nitrogen and oxygen atoms in total. The number of amides is 2. The Hall–Kier alpha value is -4.07. The molecule has 1 aromatic carbocycles. The zero-order chi connectivity index (χ0) is 29.6. The number of carbonyl (C=O) groups excluding carboxylic acids is 2. The van der Waals surface area contributed by atoms with Gasteiger partial charge in [-0.2, -0.15) is 18.4 Å². The van der Waals surface area contributed by atoms with Gasteiger partial charge in [-0.25, -0.2) is 4.98 Å². The maximum atomic E-state index is 14.7. The average molecular weight is 556 g/mol. The van der Waals surface area contributed by atoms with Crippen LogP contribution in [0.1, 0.15) is 73.5 Å². The highest BCUT2D eigenvalue weighted by molar-refractivity contribution is 6.06. The highest BCUT2D eigenvalue weighted by Crippen LogP contribution is 2.46. The van der Waals surface area contributed by atoms with E-state index in [0.717, 1.165) is 6.20 Å². The van der Waals surface area contributed by atoms with Crippen molar-refractivity contribution >= 4 is 28.5 Å². The van der Waals surface area contributed by atoms with Crippen molar-refractivity contribution in [3.8, 4) is 11.8 Å². The fraction of sp³-hybridized carbons (Fsp3) is 0.448. The third-order valence-corrected chi connectivity index (χ3v) is 7.51. The van der Waals surface area contributed by atoms with E-state index in [0.29, 0.717) is 24.9 Å². The number of aryl methyl sites for hydroxylation is 1. The summed E-state index contributed by atoms with van der Waals surface area (Å²) >= 11 is 0. The zero-order valence-electron chi connectivity index (χ0n) is 23.3. The number of benzene rings is 1. The molecule has 1 N–H and O–H groups in total. The van der Waals surface area contributed by atoms with Crippen LogP contribution in [0.25, 0.3) is 11.0 Å². The lowest BCUT2D eigenvalue weighted by Crippen LogP contribution is -2.53. The fourth-order valence-electron chi connectivity index (χ4n) is 5.59. The first kappa shape index (κ1) is 28.9. The van der Waals surface area contributed by atoms with E-state index in [1.165, 1.54) is 25.3 Å². The molecule has 0 aliphatic carbocycles. The van der Waals surface area contributed by atoms with Crippen LogP contribution in [-0.4, -0.2) is 45.5 Å². The summed E-state index contributed by atoms with van der Waals surface area (Å²) in [4.78, 5) is 31.9. The number of rotatable bonds is 5. The van der Waals surface area contributed by atoms with E-state index in [1.54, 1.807) is 17.8 Å². The van der Waals surface area contributed by atoms with E-state index in [2.05, 4.69) is 10.3 Å². The number of nitrogens with one attached hydrogen (secondary N) is 1. The van der Waals surface area contributed by atoms with Gasteiger partial charge in [0.2, 0.25) is 5.91 Å². The molecule has 1 aliphatic heterocycles. The number of alkyl halides is 3. The molecule has 40 heavy (non-hydrogen) atoms. The molecule has 4 rings (SSSR count). The number of anilines is 1. The number of hydrogen-bond donors (Lipinski definition) is 1. The van der Waals surface area contributed by atoms with Crippen molar-refractivity contribution in [1.29, 1.82) is 5.26 Å². The van der Waals surface area contributed by atoms with Gasteiger partial charge in [-0.3, -0.25) is 9.59 Å². The first-order chi connectivity index (χ1) is 18.7. The predicted molar refractivity (Wildman–Crippen MR) is 144 cm³/mol. The standard InChI is InChI=1S/C29H32F3N5O3/c1-16(2)27(39)37-10-9-18(12-28(37,3)4)20-15-36(5)25-23(20)24(29(30,31)32)21(14-34-25)35-26(38)17-7-8-22(40-6)19(11-17)13-33/h7-8,11,14-16,18H,9-10,12H2,1-6H3,(H,35,38). The van der Waals surface area contributed by atoms with E-state index in [1.807, 2.05) is 38.7 Å². The Labute approximate surface area is 230 Å². The molecule has 212 valence electrons. The van der Waals surface area contributed by atoms with Gasteiger partial charge in [0.25, 0.3) is 5.91 Å². The lowest BCUT2D eigenvalue weighted by atomic mass is 9.78. The minimum atomic E-state index is -4.80. The van der Waals surface area contributed by atoms with Crippen molar-refractivity contribution in [2.45, 2.75) is 58.2 Å². The van der Waals surface area contributed by atoms with Crippen LogP contribution >= 0.6 is 0 Å². The molecule has 1 unspecified atom stereocenters. The molecule has 2 aromatic heterocycles. The third-order valence-electron chi connectivity index (χ3n) is 7.51. The van der Waals surface area contributed by atoms with Crippen LogP contribution in [0.15, 0.2) is 30.6 Å². The maximum absolute atomic E-state index is 14.7. The Bertz CT molecular complexity index is 1520. The molecule has 3 aromatic rings. The van der Waals surface area contributed by atoms with Crippen LogP contribution in [0.5, 0.6) is 5.75 Å². The Balaban J connectivity index is 1.78. The molecule has 0 saturated carbocycles. The number of halogens is 3. The summed E-state index contributed by atoms with van der Waals surface area (Å²) in [6.07, 6.45) is -1.16. The van der Waals surface area contributed by atoms with E-state index >= 15 is 0 Å². The van der Waals surface area contributed by atoms with Gasteiger partial charge >= 0.3 is 6.18 Å². The van der Waals surface area contributed by atoms with Crippen molar-refractivity contribution < 1.29 is 27.5 Å². The normalized spacial score (nSPS) is 17.1. The van der Waals surface area contributed by atoms with Gasteiger partial charge in [0.1, 0.15) is 17.5 Å². The minimum Gasteiger partial charge on any atom is -0.495 e. The lowest BCUT2D eigenvalue weighted by Gasteiger charge is -2.46. The van der Waals surface area contributed by atoms with Gasteiger partial charge < -0.3 is 19.5 Å². The largest absolute Gasteiger partial charge is 0.495 e. The molecular formula is C29H32F3N5O3. The summed E-state index contributed by atoms with van der Waals surface area (Å²) in [5, 5.41) is 11.6. The molecule has 11 heteroatoms. The van der Waals surface area contributed by atoms with Crippen LogP contribution in [0.2, 0.25) is 0 Å². The zero-order valence-corrected chi connectivity index (χ0v) is 23.3. The second-order valence-corrected chi connectivity index (χ2v) is 11.1. The van der Waals surface area contributed by atoms with Crippen molar-refractivity contribution in [2.24, 2.45) is 13.0 Å². The van der Waals surface area contributed by atoms with Crippen LogP contribution in [-0.2, 0) is 18.0 Å². The van der Waals surface area contributed by atoms with Crippen LogP contribution in [0, 0.1) is 17.2 Å².